The van der Waals surface area contributed by atoms with Crippen molar-refractivity contribution in [3.05, 3.63) is 33.8 Å². The molecule has 0 atom stereocenters. The van der Waals surface area contributed by atoms with Gasteiger partial charge in [0.05, 0.1) is 5.69 Å². The van der Waals surface area contributed by atoms with E-state index in [-0.39, 0.29) is 0 Å². The normalized spacial score (nSPS) is 10.3. The number of nitrogens with zero attached hydrogens (tertiary/aromatic N) is 2. The summed E-state index contributed by atoms with van der Waals surface area (Å²) in [4.78, 5) is 8.54. The molecule has 0 bridgehead atoms. The van der Waals surface area contributed by atoms with Gasteiger partial charge in [0.2, 0.25) is 0 Å². The van der Waals surface area contributed by atoms with Crippen molar-refractivity contribution >= 4 is 56.6 Å². The van der Waals surface area contributed by atoms with Gasteiger partial charge in [-0.15, -0.1) is 0 Å². The van der Waals surface area contributed by atoms with Crippen LogP contribution in [0.2, 0.25) is 5.02 Å². The minimum absolute atomic E-state index is 0.548. The Balaban J connectivity index is 2.31. The van der Waals surface area contributed by atoms with Crippen LogP contribution >= 0.6 is 39.3 Å². The molecule has 0 aliphatic carbocycles. The highest BCUT2D eigenvalue weighted by atomic mass is 79.9. The molecule has 0 fully saturated rings. The number of halogens is 2. The van der Waals surface area contributed by atoms with E-state index >= 15 is 0 Å². The molecule has 0 radical (unpaired) electrons. The highest BCUT2D eigenvalue weighted by Gasteiger charge is 2.06. The summed E-state index contributed by atoms with van der Waals surface area (Å²) in [5.41, 5.74) is 3.37. The van der Waals surface area contributed by atoms with E-state index in [1.165, 1.54) is 11.8 Å². The second-order valence-corrected chi connectivity index (χ2v) is 5.58. The first kappa shape index (κ1) is 14.4. The first-order chi connectivity index (χ1) is 9.12. The Hall–Kier alpha value is -1.02. The van der Waals surface area contributed by atoms with E-state index in [9.17, 15) is 0 Å². The molecule has 0 unspecified atom stereocenters. The zero-order valence-electron chi connectivity index (χ0n) is 9.95. The van der Waals surface area contributed by atoms with Gasteiger partial charge in [-0.25, -0.2) is 15.8 Å². The van der Waals surface area contributed by atoms with Crippen LogP contribution in [-0.2, 0) is 0 Å². The lowest BCUT2D eigenvalue weighted by atomic mass is 10.3. The first-order valence-corrected chi connectivity index (χ1v) is 7.63. The van der Waals surface area contributed by atoms with Crippen LogP contribution in [0, 0.1) is 0 Å². The number of nitrogens with two attached hydrogens (primary N) is 1. The van der Waals surface area contributed by atoms with Gasteiger partial charge in [-0.1, -0.05) is 23.4 Å². The second-order valence-electron chi connectivity index (χ2n) is 3.52. The fraction of sp³-hybridized carbons (Fsp3) is 0.0909. The van der Waals surface area contributed by atoms with E-state index in [4.69, 9.17) is 17.4 Å². The fourth-order valence-electron chi connectivity index (χ4n) is 1.38. The summed E-state index contributed by atoms with van der Waals surface area (Å²) in [6.07, 6.45) is 1.90. The molecule has 0 saturated heterocycles. The molecule has 100 valence electrons. The third-order valence-electron chi connectivity index (χ3n) is 2.23. The smallest absolute Gasteiger partial charge is 0.191 e. The Kier molecular flexibility index (Phi) is 4.87. The van der Waals surface area contributed by atoms with Crippen LogP contribution < -0.4 is 16.6 Å². The monoisotopic (exact) mass is 359 g/mol. The number of anilines is 3. The summed E-state index contributed by atoms with van der Waals surface area (Å²) in [5.74, 6) is 6.58. The van der Waals surface area contributed by atoms with Crippen molar-refractivity contribution in [1.29, 1.82) is 0 Å². The number of hydrogen-bond donors (Lipinski definition) is 3. The first-order valence-electron chi connectivity index (χ1n) is 5.24. The average Bonchev–Trinajstić information content (AvgIpc) is 2.41. The average molecular weight is 361 g/mol. The summed E-state index contributed by atoms with van der Waals surface area (Å²) < 4.78 is 0.853. The topological polar surface area (TPSA) is 75.9 Å². The zero-order valence-corrected chi connectivity index (χ0v) is 13.1. The number of thioether (sulfide) groups is 1. The van der Waals surface area contributed by atoms with Gasteiger partial charge in [0.1, 0.15) is 11.6 Å². The number of rotatable bonds is 4. The molecule has 19 heavy (non-hydrogen) atoms. The van der Waals surface area contributed by atoms with Crippen LogP contribution in [0.4, 0.5) is 17.3 Å². The van der Waals surface area contributed by atoms with Crippen LogP contribution in [0.5, 0.6) is 0 Å². The highest BCUT2D eigenvalue weighted by molar-refractivity contribution is 9.10. The molecular formula is C11H11BrClN5S. The van der Waals surface area contributed by atoms with Gasteiger partial charge in [-0.3, -0.25) is 0 Å². The van der Waals surface area contributed by atoms with Crippen molar-refractivity contribution in [3.8, 4) is 0 Å². The number of hydrazine groups is 1. The van der Waals surface area contributed by atoms with Gasteiger partial charge in [-0.2, -0.15) is 0 Å². The summed E-state index contributed by atoms with van der Waals surface area (Å²) in [7, 11) is 0. The lowest BCUT2D eigenvalue weighted by Crippen LogP contribution is -2.10. The van der Waals surface area contributed by atoms with Gasteiger partial charge >= 0.3 is 0 Å². The van der Waals surface area contributed by atoms with Crippen molar-refractivity contribution in [2.75, 3.05) is 17.0 Å². The van der Waals surface area contributed by atoms with Crippen molar-refractivity contribution in [3.63, 3.8) is 0 Å². The third-order valence-corrected chi connectivity index (χ3v) is 3.67. The van der Waals surface area contributed by atoms with Gasteiger partial charge in [0.25, 0.3) is 0 Å². The molecule has 2 aromatic rings. The Morgan fingerprint density at radius 2 is 2.00 bits per heavy atom. The van der Waals surface area contributed by atoms with E-state index < -0.39 is 0 Å². The van der Waals surface area contributed by atoms with Crippen LogP contribution in [0.25, 0.3) is 0 Å². The van der Waals surface area contributed by atoms with E-state index in [1.807, 2.05) is 18.4 Å². The zero-order chi connectivity index (χ0) is 13.8. The number of nitrogens with one attached hydrogen (secondary N) is 2. The Morgan fingerprint density at radius 1 is 1.26 bits per heavy atom. The van der Waals surface area contributed by atoms with Crippen molar-refractivity contribution < 1.29 is 0 Å². The maximum absolute atomic E-state index is 5.90. The molecule has 1 heterocycles. The summed E-state index contributed by atoms with van der Waals surface area (Å²) in [6.45, 7) is 0. The van der Waals surface area contributed by atoms with E-state index in [0.29, 0.717) is 21.8 Å². The quantitative estimate of drug-likeness (QED) is 0.334. The SMILES string of the molecule is CSc1nc(NN)cc(Nc2ccc(Cl)cc2Br)n1. The van der Waals surface area contributed by atoms with E-state index in [0.717, 1.165) is 10.2 Å². The van der Waals surface area contributed by atoms with Gasteiger partial charge in [0, 0.05) is 15.6 Å². The van der Waals surface area contributed by atoms with Gasteiger partial charge < -0.3 is 10.7 Å². The molecule has 2 rings (SSSR count). The number of hydrogen-bond acceptors (Lipinski definition) is 6. The molecular weight excluding hydrogens is 350 g/mol. The van der Waals surface area contributed by atoms with Crippen LogP contribution in [-0.4, -0.2) is 16.2 Å². The third kappa shape index (κ3) is 3.73. The maximum Gasteiger partial charge on any atom is 0.191 e. The van der Waals surface area contributed by atoms with Crippen molar-refractivity contribution in [2.24, 2.45) is 5.84 Å². The lowest BCUT2D eigenvalue weighted by Gasteiger charge is -2.10. The molecule has 4 N–H and O–H groups in total. The molecule has 5 nitrogen and oxygen atoms in total. The number of aromatic nitrogens is 2. The van der Waals surface area contributed by atoms with Crippen molar-refractivity contribution in [2.45, 2.75) is 5.16 Å². The molecule has 0 aliphatic rings. The summed E-state index contributed by atoms with van der Waals surface area (Å²) in [5, 5.41) is 4.47. The Bertz CT molecular complexity index is 573. The molecule has 0 amide bonds. The molecule has 0 spiro atoms. The predicted octanol–water partition coefficient (Wildman–Crippen LogP) is 3.64. The van der Waals surface area contributed by atoms with Crippen molar-refractivity contribution in [1.82, 2.24) is 9.97 Å². The minimum atomic E-state index is 0.548. The summed E-state index contributed by atoms with van der Waals surface area (Å²) in [6, 6.07) is 7.19. The maximum atomic E-state index is 5.90. The second kappa shape index (κ2) is 6.42. The fourth-order valence-corrected chi connectivity index (χ4v) is 2.54. The van der Waals surface area contributed by atoms with Gasteiger partial charge in [0.15, 0.2) is 5.16 Å². The largest absolute Gasteiger partial charge is 0.339 e. The molecule has 0 aliphatic heterocycles. The van der Waals surface area contributed by atoms with Crippen LogP contribution in [0.15, 0.2) is 33.9 Å². The van der Waals surface area contributed by atoms with E-state index in [1.54, 1.807) is 12.1 Å². The molecule has 1 aromatic carbocycles. The highest BCUT2D eigenvalue weighted by Crippen LogP contribution is 2.29. The Morgan fingerprint density at radius 3 is 2.63 bits per heavy atom. The lowest BCUT2D eigenvalue weighted by molar-refractivity contribution is 0.971. The summed E-state index contributed by atoms with van der Waals surface area (Å²) >= 11 is 10.8. The molecule has 8 heteroatoms. The molecule has 1 aromatic heterocycles. The Labute approximate surface area is 128 Å². The number of nitrogen functional groups attached to an aromatic ring is 1. The van der Waals surface area contributed by atoms with Gasteiger partial charge in [-0.05, 0) is 40.4 Å². The minimum Gasteiger partial charge on any atom is -0.339 e. The predicted molar refractivity (Wildman–Crippen MR) is 84.1 cm³/mol. The van der Waals surface area contributed by atoms with E-state index in [2.05, 4.69) is 36.6 Å². The molecule has 0 saturated carbocycles. The standard InChI is InChI=1S/C11H11BrClN5S/c1-19-11-16-9(5-10(17-11)18-14)15-8-3-2-6(13)4-7(8)12/h2-5H,14H2,1H3,(H2,15,16,17,18). The van der Waals surface area contributed by atoms with Crippen LogP contribution in [0.1, 0.15) is 0 Å². The number of benzene rings is 1. The van der Waals surface area contributed by atoms with Crippen LogP contribution in [0.3, 0.4) is 0 Å².